The van der Waals surface area contributed by atoms with Gasteiger partial charge < -0.3 is 10.2 Å². The van der Waals surface area contributed by atoms with Crippen molar-refractivity contribution in [2.75, 3.05) is 19.6 Å². The normalized spacial score (nSPS) is 25.9. The van der Waals surface area contributed by atoms with Gasteiger partial charge in [-0.15, -0.1) is 0 Å². The fourth-order valence-electron chi connectivity index (χ4n) is 2.42. The Morgan fingerprint density at radius 1 is 1.47 bits per heavy atom. The third-order valence-corrected chi connectivity index (χ3v) is 4.02. The first-order valence-electron chi connectivity index (χ1n) is 7.07. The third-order valence-electron chi connectivity index (χ3n) is 4.02. The predicted molar refractivity (Wildman–Crippen MR) is 72.0 cm³/mol. The Kier molecular flexibility index (Phi) is 5.44. The Morgan fingerprint density at radius 3 is 2.65 bits per heavy atom. The van der Waals surface area contributed by atoms with E-state index >= 15 is 0 Å². The molecule has 1 saturated heterocycles. The summed E-state index contributed by atoms with van der Waals surface area (Å²) in [5, 5.41) is 3.31. The molecule has 1 rings (SSSR count). The smallest absolute Gasteiger partial charge is 0.230 e. The summed E-state index contributed by atoms with van der Waals surface area (Å²) < 4.78 is 0. The number of amides is 1. The minimum atomic E-state index is -0.169. The van der Waals surface area contributed by atoms with Crippen molar-refractivity contribution in [3.8, 4) is 0 Å². The first-order valence-corrected chi connectivity index (χ1v) is 7.07. The molecule has 1 aliphatic rings. The van der Waals surface area contributed by atoms with Gasteiger partial charge in [-0.25, -0.2) is 0 Å². The monoisotopic (exact) mass is 240 g/mol. The van der Waals surface area contributed by atoms with E-state index in [2.05, 4.69) is 37.9 Å². The molecule has 1 aliphatic heterocycles. The number of unbranched alkanes of at least 4 members (excludes halogenated alkanes) is 1. The fraction of sp³-hybridized carbons (Fsp3) is 0.929. The molecule has 1 N–H and O–H groups in total. The second-order valence-electron chi connectivity index (χ2n) is 5.60. The Morgan fingerprint density at radius 2 is 2.18 bits per heavy atom. The molecule has 0 aliphatic carbocycles. The molecule has 0 spiro atoms. The number of rotatable bonds is 6. The van der Waals surface area contributed by atoms with Crippen LogP contribution in [0.4, 0.5) is 0 Å². The molecule has 100 valence electrons. The lowest BCUT2D eigenvalue weighted by Crippen LogP contribution is -2.48. The summed E-state index contributed by atoms with van der Waals surface area (Å²) in [6, 6.07) is 0.367. The van der Waals surface area contributed by atoms with Gasteiger partial charge in [0.2, 0.25) is 5.91 Å². The van der Waals surface area contributed by atoms with Gasteiger partial charge in [-0.3, -0.25) is 4.79 Å². The van der Waals surface area contributed by atoms with E-state index in [1.807, 2.05) is 0 Å². The minimum Gasteiger partial charge on any atom is -0.339 e. The number of hydrogen-bond donors (Lipinski definition) is 1. The Balaban J connectivity index is 2.70. The van der Waals surface area contributed by atoms with Crippen molar-refractivity contribution < 1.29 is 4.79 Å². The Labute approximate surface area is 106 Å². The van der Waals surface area contributed by atoms with E-state index < -0.39 is 0 Å². The van der Waals surface area contributed by atoms with Crippen LogP contribution in [0.25, 0.3) is 0 Å². The highest BCUT2D eigenvalue weighted by molar-refractivity contribution is 5.83. The lowest BCUT2D eigenvalue weighted by molar-refractivity contribution is -0.142. The molecule has 3 heteroatoms. The van der Waals surface area contributed by atoms with E-state index in [1.54, 1.807) is 0 Å². The summed E-state index contributed by atoms with van der Waals surface area (Å²) in [6.07, 6.45) is 4.28. The molecule has 1 heterocycles. The van der Waals surface area contributed by atoms with Crippen molar-refractivity contribution in [3.05, 3.63) is 0 Å². The average molecular weight is 240 g/mol. The largest absolute Gasteiger partial charge is 0.339 e. The fourth-order valence-corrected chi connectivity index (χ4v) is 2.42. The van der Waals surface area contributed by atoms with Crippen LogP contribution in [0, 0.1) is 5.41 Å². The maximum Gasteiger partial charge on any atom is 0.230 e. The van der Waals surface area contributed by atoms with Gasteiger partial charge in [0.05, 0.1) is 5.41 Å². The van der Waals surface area contributed by atoms with Crippen molar-refractivity contribution in [2.45, 2.75) is 59.4 Å². The van der Waals surface area contributed by atoms with Crippen LogP contribution in [0.15, 0.2) is 0 Å². The number of carbonyl (C=O) groups excluding carboxylic acids is 1. The van der Waals surface area contributed by atoms with Crippen LogP contribution in [0.3, 0.4) is 0 Å². The SMILES string of the molecule is CCCCN(C(=O)C1(C)CCNC1)C(C)CC. The Bertz CT molecular complexity index is 247. The molecule has 0 aromatic carbocycles. The van der Waals surface area contributed by atoms with Crippen molar-refractivity contribution in [3.63, 3.8) is 0 Å². The standard InChI is InChI=1S/C14H28N2O/c1-5-7-10-16(12(3)6-2)13(17)14(4)8-9-15-11-14/h12,15H,5-11H2,1-4H3. The molecule has 1 amide bonds. The van der Waals surface area contributed by atoms with Gasteiger partial charge in [-0.1, -0.05) is 20.3 Å². The van der Waals surface area contributed by atoms with Gasteiger partial charge in [-0.2, -0.15) is 0 Å². The summed E-state index contributed by atoms with van der Waals surface area (Å²) in [5.74, 6) is 0.352. The van der Waals surface area contributed by atoms with E-state index in [0.29, 0.717) is 11.9 Å². The van der Waals surface area contributed by atoms with Gasteiger partial charge in [0, 0.05) is 19.1 Å². The lowest BCUT2D eigenvalue weighted by atomic mass is 9.87. The van der Waals surface area contributed by atoms with E-state index in [1.165, 1.54) is 0 Å². The van der Waals surface area contributed by atoms with Gasteiger partial charge in [0.15, 0.2) is 0 Å². The quantitative estimate of drug-likeness (QED) is 0.773. The summed E-state index contributed by atoms with van der Waals surface area (Å²) in [7, 11) is 0. The molecule has 0 aromatic heterocycles. The summed E-state index contributed by atoms with van der Waals surface area (Å²) in [6.45, 7) is 11.3. The molecule has 1 fully saturated rings. The molecule has 3 nitrogen and oxygen atoms in total. The molecule has 2 atom stereocenters. The Hall–Kier alpha value is -0.570. The molecular formula is C14H28N2O. The highest BCUT2D eigenvalue weighted by Gasteiger charge is 2.39. The minimum absolute atomic E-state index is 0.169. The van der Waals surface area contributed by atoms with E-state index in [9.17, 15) is 4.79 Å². The zero-order chi connectivity index (χ0) is 12.9. The van der Waals surface area contributed by atoms with Crippen LogP contribution in [-0.2, 0) is 4.79 Å². The predicted octanol–water partition coefficient (Wildman–Crippen LogP) is 2.41. The van der Waals surface area contributed by atoms with E-state index in [-0.39, 0.29) is 5.41 Å². The van der Waals surface area contributed by atoms with Crippen LogP contribution in [0.5, 0.6) is 0 Å². The zero-order valence-corrected chi connectivity index (χ0v) is 11.9. The lowest BCUT2D eigenvalue weighted by Gasteiger charge is -2.35. The highest BCUT2D eigenvalue weighted by atomic mass is 16.2. The molecule has 0 radical (unpaired) electrons. The van der Waals surface area contributed by atoms with Crippen molar-refractivity contribution in [1.82, 2.24) is 10.2 Å². The second kappa shape index (κ2) is 6.39. The molecule has 0 saturated carbocycles. The first-order chi connectivity index (χ1) is 8.05. The van der Waals surface area contributed by atoms with E-state index in [0.717, 1.165) is 45.3 Å². The van der Waals surface area contributed by atoms with Gasteiger partial charge in [0.25, 0.3) is 0 Å². The molecule has 17 heavy (non-hydrogen) atoms. The van der Waals surface area contributed by atoms with Gasteiger partial charge in [-0.05, 0) is 39.7 Å². The van der Waals surface area contributed by atoms with Crippen molar-refractivity contribution in [1.29, 1.82) is 0 Å². The van der Waals surface area contributed by atoms with Crippen molar-refractivity contribution in [2.24, 2.45) is 5.41 Å². The topological polar surface area (TPSA) is 32.3 Å². The third kappa shape index (κ3) is 3.44. The molecule has 0 bridgehead atoms. The molecule has 0 aromatic rings. The van der Waals surface area contributed by atoms with Crippen LogP contribution in [-0.4, -0.2) is 36.5 Å². The van der Waals surface area contributed by atoms with E-state index in [4.69, 9.17) is 0 Å². The number of nitrogens with zero attached hydrogens (tertiary/aromatic N) is 1. The summed E-state index contributed by atoms with van der Waals surface area (Å²) >= 11 is 0. The van der Waals surface area contributed by atoms with Crippen LogP contribution in [0.1, 0.15) is 53.4 Å². The first kappa shape index (κ1) is 14.5. The summed E-state index contributed by atoms with van der Waals surface area (Å²) in [4.78, 5) is 14.8. The zero-order valence-electron chi connectivity index (χ0n) is 11.9. The van der Waals surface area contributed by atoms with Crippen LogP contribution in [0.2, 0.25) is 0 Å². The van der Waals surface area contributed by atoms with Gasteiger partial charge >= 0.3 is 0 Å². The van der Waals surface area contributed by atoms with Crippen LogP contribution >= 0.6 is 0 Å². The number of nitrogens with one attached hydrogen (secondary N) is 1. The van der Waals surface area contributed by atoms with Crippen molar-refractivity contribution >= 4 is 5.91 Å². The van der Waals surface area contributed by atoms with Crippen LogP contribution < -0.4 is 5.32 Å². The number of hydrogen-bond acceptors (Lipinski definition) is 2. The van der Waals surface area contributed by atoms with Gasteiger partial charge in [0.1, 0.15) is 0 Å². The molecular weight excluding hydrogens is 212 g/mol. The summed E-state index contributed by atoms with van der Waals surface area (Å²) in [5.41, 5.74) is -0.169. The highest BCUT2D eigenvalue weighted by Crippen LogP contribution is 2.28. The maximum absolute atomic E-state index is 12.7. The second-order valence-corrected chi connectivity index (χ2v) is 5.60. The maximum atomic E-state index is 12.7. The average Bonchev–Trinajstić information content (AvgIpc) is 2.77. The molecule has 2 unspecified atom stereocenters. The number of carbonyl (C=O) groups is 1.